The van der Waals surface area contributed by atoms with E-state index in [2.05, 4.69) is 5.32 Å². The molecule has 130 valence electrons. The monoisotopic (exact) mass is 361 g/mol. The molecule has 2 aromatic rings. The Kier molecular flexibility index (Phi) is 6.14. The molecule has 0 saturated carbocycles. The number of hydrogen-bond donors (Lipinski definition) is 2. The van der Waals surface area contributed by atoms with Gasteiger partial charge >= 0.3 is 11.9 Å². The summed E-state index contributed by atoms with van der Waals surface area (Å²) in [6, 6.07) is 11.5. The number of hydrogen-bond acceptors (Lipinski definition) is 4. The van der Waals surface area contributed by atoms with Crippen LogP contribution in [0, 0.1) is 0 Å². The van der Waals surface area contributed by atoms with Gasteiger partial charge in [-0.2, -0.15) is 0 Å². The second-order valence-corrected chi connectivity index (χ2v) is 5.75. The molecular formula is C18H16ClNO5. The first-order valence-corrected chi connectivity index (χ1v) is 7.79. The summed E-state index contributed by atoms with van der Waals surface area (Å²) in [6.45, 7) is 1.27. The summed E-state index contributed by atoms with van der Waals surface area (Å²) in [5.41, 5.74) is 1.00. The minimum Gasteiger partial charge on any atom is -0.480 e. The molecule has 2 N–H and O–H groups in total. The van der Waals surface area contributed by atoms with Gasteiger partial charge in [-0.15, -0.1) is 0 Å². The van der Waals surface area contributed by atoms with Crippen LogP contribution in [0.1, 0.15) is 22.8 Å². The van der Waals surface area contributed by atoms with Crippen molar-refractivity contribution in [3.63, 3.8) is 0 Å². The average Bonchev–Trinajstić information content (AvgIpc) is 2.56. The standard InChI is InChI=1S/C18H16ClNO5/c1-11(21)25-15-8-4-13(5-9-15)17(22)20-16(18(23)24)10-12-2-6-14(19)7-3-12/h2-9,16H,10H2,1H3,(H,20,22)(H,23,24)/t16-/m1/s1. The summed E-state index contributed by atoms with van der Waals surface area (Å²) in [5.74, 6) is -1.83. The van der Waals surface area contributed by atoms with Crippen molar-refractivity contribution in [3.8, 4) is 5.75 Å². The predicted octanol–water partition coefficient (Wildman–Crippen LogP) is 2.69. The van der Waals surface area contributed by atoms with Gasteiger partial charge in [0.1, 0.15) is 11.8 Å². The molecule has 2 aromatic carbocycles. The summed E-state index contributed by atoms with van der Waals surface area (Å²) in [5, 5.41) is 12.4. The highest BCUT2D eigenvalue weighted by Gasteiger charge is 2.21. The lowest BCUT2D eigenvalue weighted by molar-refractivity contribution is -0.139. The van der Waals surface area contributed by atoms with Crippen LogP contribution in [0.4, 0.5) is 0 Å². The van der Waals surface area contributed by atoms with Gasteiger partial charge in [-0.25, -0.2) is 4.79 Å². The van der Waals surface area contributed by atoms with Gasteiger partial charge in [-0.3, -0.25) is 9.59 Å². The van der Waals surface area contributed by atoms with Gasteiger partial charge in [0.15, 0.2) is 0 Å². The fraction of sp³-hybridized carbons (Fsp3) is 0.167. The summed E-state index contributed by atoms with van der Waals surface area (Å²) in [4.78, 5) is 34.5. The Morgan fingerprint density at radius 2 is 1.68 bits per heavy atom. The first kappa shape index (κ1) is 18.5. The minimum absolute atomic E-state index is 0.129. The van der Waals surface area contributed by atoms with E-state index in [-0.39, 0.29) is 12.0 Å². The highest BCUT2D eigenvalue weighted by Crippen LogP contribution is 2.14. The van der Waals surface area contributed by atoms with Crippen molar-refractivity contribution < 1.29 is 24.2 Å². The van der Waals surface area contributed by atoms with Crippen LogP contribution in [0.3, 0.4) is 0 Å². The maximum absolute atomic E-state index is 12.2. The third kappa shape index (κ3) is 5.61. The molecule has 1 atom stereocenters. The number of aliphatic carboxylic acids is 1. The number of carbonyl (C=O) groups excluding carboxylic acids is 2. The lowest BCUT2D eigenvalue weighted by Crippen LogP contribution is -2.42. The Hall–Kier alpha value is -2.86. The van der Waals surface area contributed by atoms with Crippen molar-refractivity contribution in [2.24, 2.45) is 0 Å². The third-order valence-electron chi connectivity index (χ3n) is 3.33. The van der Waals surface area contributed by atoms with Crippen LogP contribution in [0.15, 0.2) is 48.5 Å². The number of ether oxygens (including phenoxy) is 1. The van der Waals surface area contributed by atoms with Gasteiger partial charge < -0.3 is 15.2 Å². The molecule has 0 spiro atoms. The van der Waals surface area contributed by atoms with Gasteiger partial charge in [0.2, 0.25) is 0 Å². The molecule has 2 rings (SSSR count). The van der Waals surface area contributed by atoms with E-state index in [1.165, 1.54) is 31.2 Å². The quantitative estimate of drug-likeness (QED) is 0.609. The zero-order valence-corrected chi connectivity index (χ0v) is 14.1. The van der Waals surface area contributed by atoms with E-state index in [0.717, 1.165) is 5.56 Å². The van der Waals surface area contributed by atoms with E-state index in [9.17, 15) is 19.5 Å². The first-order valence-electron chi connectivity index (χ1n) is 7.42. The van der Waals surface area contributed by atoms with Crippen molar-refractivity contribution in [1.82, 2.24) is 5.32 Å². The van der Waals surface area contributed by atoms with E-state index in [4.69, 9.17) is 16.3 Å². The number of nitrogens with one attached hydrogen (secondary N) is 1. The molecule has 0 saturated heterocycles. The molecule has 0 fully saturated rings. The summed E-state index contributed by atoms with van der Waals surface area (Å²) in [7, 11) is 0. The summed E-state index contributed by atoms with van der Waals surface area (Å²) >= 11 is 5.80. The number of carbonyl (C=O) groups is 3. The minimum atomic E-state index is -1.14. The molecule has 0 aliphatic heterocycles. The Bertz CT molecular complexity index is 771. The molecule has 1 amide bonds. The van der Waals surface area contributed by atoms with E-state index >= 15 is 0 Å². The first-order chi connectivity index (χ1) is 11.8. The number of esters is 1. The molecule has 6 nitrogen and oxygen atoms in total. The van der Waals surface area contributed by atoms with Crippen molar-refractivity contribution in [2.75, 3.05) is 0 Å². The highest BCUT2D eigenvalue weighted by atomic mass is 35.5. The van der Waals surface area contributed by atoms with Crippen molar-refractivity contribution >= 4 is 29.4 Å². The molecule has 7 heteroatoms. The zero-order valence-electron chi connectivity index (χ0n) is 13.4. The van der Waals surface area contributed by atoms with Crippen LogP contribution >= 0.6 is 11.6 Å². The molecule has 0 aliphatic carbocycles. The second kappa shape index (κ2) is 8.30. The number of halogens is 1. The molecule has 0 aromatic heterocycles. The van der Waals surface area contributed by atoms with Gasteiger partial charge in [0.05, 0.1) is 0 Å². The SMILES string of the molecule is CC(=O)Oc1ccc(C(=O)N[C@H](Cc2ccc(Cl)cc2)C(=O)O)cc1. The maximum atomic E-state index is 12.2. The number of benzene rings is 2. The largest absolute Gasteiger partial charge is 0.480 e. The Labute approximate surface area is 149 Å². The Balaban J connectivity index is 2.05. The predicted molar refractivity (Wildman–Crippen MR) is 91.8 cm³/mol. The fourth-order valence-corrected chi connectivity index (χ4v) is 2.26. The summed E-state index contributed by atoms with van der Waals surface area (Å²) < 4.78 is 4.88. The van der Waals surface area contributed by atoms with Gasteiger partial charge in [0, 0.05) is 23.9 Å². The van der Waals surface area contributed by atoms with Crippen LogP contribution < -0.4 is 10.1 Å². The summed E-state index contributed by atoms with van der Waals surface area (Å²) in [6.07, 6.45) is 0.129. The highest BCUT2D eigenvalue weighted by molar-refractivity contribution is 6.30. The van der Waals surface area contributed by atoms with E-state index < -0.39 is 23.9 Å². The van der Waals surface area contributed by atoms with Crippen LogP contribution in [0.5, 0.6) is 5.75 Å². The van der Waals surface area contributed by atoms with Crippen LogP contribution in [-0.2, 0) is 16.0 Å². The number of rotatable bonds is 6. The smallest absolute Gasteiger partial charge is 0.326 e. The lowest BCUT2D eigenvalue weighted by atomic mass is 10.1. The molecule has 0 radical (unpaired) electrons. The number of carboxylic acid groups (broad SMARTS) is 1. The Morgan fingerprint density at radius 1 is 1.08 bits per heavy atom. The topological polar surface area (TPSA) is 92.7 Å². The van der Waals surface area contributed by atoms with E-state index in [1.807, 2.05) is 0 Å². The zero-order chi connectivity index (χ0) is 18.4. The van der Waals surface area contributed by atoms with Crippen molar-refractivity contribution in [3.05, 3.63) is 64.7 Å². The van der Waals surface area contributed by atoms with Crippen LogP contribution in [0.25, 0.3) is 0 Å². The molecule has 25 heavy (non-hydrogen) atoms. The third-order valence-corrected chi connectivity index (χ3v) is 3.59. The second-order valence-electron chi connectivity index (χ2n) is 5.31. The van der Waals surface area contributed by atoms with E-state index in [0.29, 0.717) is 10.8 Å². The molecule has 0 unspecified atom stereocenters. The molecule has 0 heterocycles. The van der Waals surface area contributed by atoms with Gasteiger partial charge in [-0.05, 0) is 42.0 Å². The molecule has 0 aliphatic rings. The van der Waals surface area contributed by atoms with Gasteiger partial charge in [0.25, 0.3) is 5.91 Å². The maximum Gasteiger partial charge on any atom is 0.326 e. The molecular weight excluding hydrogens is 346 g/mol. The number of amides is 1. The van der Waals surface area contributed by atoms with Crippen LogP contribution in [0.2, 0.25) is 5.02 Å². The van der Waals surface area contributed by atoms with Crippen LogP contribution in [-0.4, -0.2) is 29.0 Å². The van der Waals surface area contributed by atoms with E-state index in [1.54, 1.807) is 24.3 Å². The molecule has 0 bridgehead atoms. The number of carboxylic acids is 1. The lowest BCUT2D eigenvalue weighted by Gasteiger charge is -2.15. The Morgan fingerprint density at radius 3 is 2.20 bits per heavy atom. The normalized spacial score (nSPS) is 11.4. The van der Waals surface area contributed by atoms with Gasteiger partial charge in [-0.1, -0.05) is 23.7 Å². The van der Waals surface area contributed by atoms with Crippen molar-refractivity contribution in [1.29, 1.82) is 0 Å². The van der Waals surface area contributed by atoms with Crippen molar-refractivity contribution in [2.45, 2.75) is 19.4 Å². The fourth-order valence-electron chi connectivity index (χ4n) is 2.14. The average molecular weight is 362 g/mol.